The fraction of sp³-hybridized carbons (Fsp3) is 0.0556. The molecule has 0 aliphatic heterocycles. The van der Waals surface area contributed by atoms with Crippen molar-refractivity contribution in [1.29, 1.82) is 5.26 Å². The molecule has 0 fully saturated rings. The van der Waals surface area contributed by atoms with E-state index in [1.54, 1.807) is 48.7 Å². The average Bonchev–Trinajstić information content (AvgIpc) is 2.67. The lowest BCUT2D eigenvalue weighted by Gasteiger charge is -2.11. The molecule has 0 unspecified atom stereocenters. The van der Waals surface area contributed by atoms with Gasteiger partial charge in [0.05, 0.1) is 22.6 Å². The van der Waals surface area contributed by atoms with Gasteiger partial charge in [-0.2, -0.15) is 10.2 Å². The number of aromatic nitrogens is 3. The van der Waals surface area contributed by atoms with Crippen LogP contribution in [-0.4, -0.2) is 32.6 Å². The molecule has 0 saturated heterocycles. The van der Waals surface area contributed by atoms with Crippen molar-refractivity contribution in [3.8, 4) is 17.5 Å². The molecular formula is C18H14N6O2. The van der Waals surface area contributed by atoms with E-state index >= 15 is 0 Å². The van der Waals surface area contributed by atoms with Gasteiger partial charge in [-0.25, -0.2) is 4.98 Å². The predicted molar refractivity (Wildman–Crippen MR) is 95.8 cm³/mol. The summed E-state index contributed by atoms with van der Waals surface area (Å²) in [6.45, 7) is -0.320. The Kier molecular flexibility index (Phi) is 5.00. The highest BCUT2D eigenvalue weighted by Gasteiger charge is 2.10. The van der Waals surface area contributed by atoms with Crippen molar-refractivity contribution < 1.29 is 9.90 Å². The van der Waals surface area contributed by atoms with Crippen LogP contribution in [0.15, 0.2) is 54.7 Å². The standard InChI is InChI=1S/C18H14N6O2/c19-10-12-5-1-2-6-13(12)22-16-9-15(14-7-3-4-8-20-14)23-18(24-16)21-11-17(25)26/h1-9H,11H2,(H,25,26)(H2,21,22,23,24). The molecule has 8 heteroatoms. The van der Waals surface area contributed by atoms with Crippen LogP contribution in [0.2, 0.25) is 0 Å². The van der Waals surface area contributed by atoms with Crippen LogP contribution < -0.4 is 10.6 Å². The topological polar surface area (TPSA) is 124 Å². The number of hydrogen-bond donors (Lipinski definition) is 3. The number of pyridine rings is 1. The molecule has 0 spiro atoms. The van der Waals surface area contributed by atoms with E-state index in [1.165, 1.54) is 0 Å². The quantitative estimate of drug-likeness (QED) is 0.622. The first-order chi connectivity index (χ1) is 12.7. The van der Waals surface area contributed by atoms with Gasteiger partial charge in [0.2, 0.25) is 5.95 Å². The number of hydrogen-bond acceptors (Lipinski definition) is 7. The highest BCUT2D eigenvalue weighted by atomic mass is 16.4. The molecule has 8 nitrogen and oxygen atoms in total. The fourth-order valence-corrected chi connectivity index (χ4v) is 2.22. The van der Waals surface area contributed by atoms with Crippen LogP contribution in [0, 0.1) is 11.3 Å². The van der Waals surface area contributed by atoms with E-state index in [9.17, 15) is 10.1 Å². The third-order valence-corrected chi connectivity index (χ3v) is 3.36. The van der Waals surface area contributed by atoms with Crippen molar-refractivity contribution in [2.75, 3.05) is 17.2 Å². The van der Waals surface area contributed by atoms with Crippen LogP contribution >= 0.6 is 0 Å². The van der Waals surface area contributed by atoms with Crippen molar-refractivity contribution in [1.82, 2.24) is 15.0 Å². The van der Waals surface area contributed by atoms with E-state index in [-0.39, 0.29) is 12.5 Å². The van der Waals surface area contributed by atoms with E-state index in [2.05, 4.69) is 31.7 Å². The normalized spacial score (nSPS) is 9.96. The minimum atomic E-state index is -1.03. The van der Waals surface area contributed by atoms with Crippen LogP contribution in [0.25, 0.3) is 11.4 Å². The summed E-state index contributed by atoms with van der Waals surface area (Å²) in [5.41, 5.74) is 2.19. The molecule has 0 aliphatic carbocycles. The van der Waals surface area contributed by atoms with E-state index in [0.717, 1.165) is 0 Å². The zero-order valence-electron chi connectivity index (χ0n) is 13.5. The van der Waals surface area contributed by atoms with Gasteiger partial charge in [0, 0.05) is 12.3 Å². The highest BCUT2D eigenvalue weighted by Crippen LogP contribution is 2.24. The summed E-state index contributed by atoms with van der Waals surface area (Å²) in [6.07, 6.45) is 1.64. The molecule has 3 N–H and O–H groups in total. The monoisotopic (exact) mass is 346 g/mol. The molecule has 128 valence electrons. The van der Waals surface area contributed by atoms with E-state index in [4.69, 9.17) is 5.11 Å². The van der Waals surface area contributed by atoms with E-state index in [0.29, 0.717) is 28.5 Å². The second-order valence-corrected chi connectivity index (χ2v) is 5.21. The van der Waals surface area contributed by atoms with Crippen molar-refractivity contribution in [3.05, 3.63) is 60.3 Å². The summed E-state index contributed by atoms with van der Waals surface area (Å²) in [5, 5.41) is 23.8. The van der Waals surface area contributed by atoms with Gasteiger partial charge >= 0.3 is 5.97 Å². The Balaban J connectivity index is 1.99. The van der Waals surface area contributed by atoms with E-state index in [1.807, 2.05) is 6.07 Å². The van der Waals surface area contributed by atoms with Gasteiger partial charge in [-0.05, 0) is 24.3 Å². The molecule has 1 aromatic carbocycles. The number of para-hydroxylation sites is 1. The van der Waals surface area contributed by atoms with Gasteiger partial charge in [-0.1, -0.05) is 18.2 Å². The number of benzene rings is 1. The predicted octanol–water partition coefficient (Wildman–Crippen LogP) is 2.65. The fourth-order valence-electron chi connectivity index (χ4n) is 2.22. The van der Waals surface area contributed by atoms with Crippen LogP contribution in [0.4, 0.5) is 17.5 Å². The van der Waals surface area contributed by atoms with Crippen LogP contribution in [-0.2, 0) is 4.79 Å². The smallest absolute Gasteiger partial charge is 0.322 e. The Hall–Kier alpha value is -3.99. The molecule has 0 radical (unpaired) electrons. The number of anilines is 3. The number of rotatable bonds is 6. The van der Waals surface area contributed by atoms with Gasteiger partial charge in [-0.15, -0.1) is 0 Å². The zero-order chi connectivity index (χ0) is 18.4. The van der Waals surface area contributed by atoms with Crippen molar-refractivity contribution in [2.45, 2.75) is 0 Å². The second kappa shape index (κ2) is 7.72. The zero-order valence-corrected chi connectivity index (χ0v) is 13.5. The maximum absolute atomic E-state index is 10.8. The molecule has 0 bridgehead atoms. The lowest BCUT2D eigenvalue weighted by molar-refractivity contribution is -0.134. The van der Waals surface area contributed by atoms with Crippen LogP contribution in [0.1, 0.15) is 5.56 Å². The lowest BCUT2D eigenvalue weighted by Crippen LogP contribution is -2.15. The molecule has 3 rings (SSSR count). The molecular weight excluding hydrogens is 332 g/mol. The summed E-state index contributed by atoms with van der Waals surface area (Å²) >= 11 is 0. The van der Waals surface area contributed by atoms with Gasteiger partial charge in [0.1, 0.15) is 18.4 Å². The average molecular weight is 346 g/mol. The largest absolute Gasteiger partial charge is 0.480 e. The molecule has 0 saturated carbocycles. The Morgan fingerprint density at radius 3 is 2.65 bits per heavy atom. The third kappa shape index (κ3) is 4.10. The summed E-state index contributed by atoms with van der Waals surface area (Å²) in [7, 11) is 0. The van der Waals surface area contributed by atoms with Crippen LogP contribution in [0.3, 0.4) is 0 Å². The first kappa shape index (κ1) is 16.9. The third-order valence-electron chi connectivity index (χ3n) is 3.36. The number of nitriles is 1. The highest BCUT2D eigenvalue weighted by molar-refractivity contribution is 5.73. The van der Waals surface area contributed by atoms with E-state index < -0.39 is 5.97 Å². The number of carbonyl (C=O) groups is 1. The van der Waals surface area contributed by atoms with Crippen LogP contribution in [0.5, 0.6) is 0 Å². The number of nitrogens with zero attached hydrogens (tertiary/aromatic N) is 4. The Morgan fingerprint density at radius 2 is 1.92 bits per heavy atom. The Bertz CT molecular complexity index is 969. The number of carboxylic acids is 1. The number of carboxylic acid groups (broad SMARTS) is 1. The van der Waals surface area contributed by atoms with Gasteiger partial charge in [0.25, 0.3) is 0 Å². The maximum atomic E-state index is 10.8. The van der Waals surface area contributed by atoms with Crippen molar-refractivity contribution in [3.63, 3.8) is 0 Å². The lowest BCUT2D eigenvalue weighted by atomic mass is 10.2. The summed E-state index contributed by atoms with van der Waals surface area (Å²) < 4.78 is 0. The number of nitrogens with one attached hydrogen (secondary N) is 2. The Labute approximate surface area is 149 Å². The molecule has 0 aliphatic rings. The van der Waals surface area contributed by atoms with Gasteiger partial charge < -0.3 is 15.7 Å². The molecule has 0 atom stereocenters. The SMILES string of the molecule is N#Cc1ccccc1Nc1cc(-c2ccccn2)nc(NCC(=O)O)n1. The maximum Gasteiger partial charge on any atom is 0.322 e. The summed E-state index contributed by atoms with van der Waals surface area (Å²) in [4.78, 5) is 23.6. The number of aliphatic carboxylic acids is 1. The molecule has 0 amide bonds. The van der Waals surface area contributed by atoms with Gasteiger partial charge in [-0.3, -0.25) is 9.78 Å². The minimum Gasteiger partial charge on any atom is -0.480 e. The first-order valence-electron chi connectivity index (χ1n) is 7.68. The Morgan fingerprint density at radius 1 is 1.12 bits per heavy atom. The van der Waals surface area contributed by atoms with Crippen molar-refractivity contribution >= 4 is 23.4 Å². The first-order valence-corrected chi connectivity index (χ1v) is 7.68. The second-order valence-electron chi connectivity index (χ2n) is 5.21. The molecule has 26 heavy (non-hydrogen) atoms. The summed E-state index contributed by atoms with van der Waals surface area (Å²) in [6, 6.07) is 16.2. The summed E-state index contributed by atoms with van der Waals surface area (Å²) in [5.74, 6) is -0.468. The minimum absolute atomic E-state index is 0.146. The van der Waals surface area contributed by atoms with Gasteiger partial charge in [0.15, 0.2) is 0 Å². The molecule has 2 aromatic heterocycles. The molecule has 3 aromatic rings. The van der Waals surface area contributed by atoms with Crippen molar-refractivity contribution in [2.24, 2.45) is 0 Å². The molecule has 2 heterocycles.